The molecule has 0 aliphatic rings. The van der Waals surface area contributed by atoms with E-state index in [1.165, 1.54) is 10.6 Å². The lowest BCUT2D eigenvalue weighted by Gasteiger charge is -2.19. The van der Waals surface area contributed by atoms with Crippen LogP contribution in [0.4, 0.5) is 0 Å². The largest absolute Gasteiger partial charge is 0.468 e. The number of hydrogen-bond acceptors (Lipinski definition) is 4. The molecule has 0 aromatic carbocycles. The summed E-state index contributed by atoms with van der Waals surface area (Å²) in [6.45, 7) is 4.60. The highest BCUT2D eigenvalue weighted by molar-refractivity contribution is 7.88. The molecule has 1 aromatic heterocycles. The first-order chi connectivity index (χ1) is 9.29. The van der Waals surface area contributed by atoms with Gasteiger partial charge in [-0.05, 0) is 18.1 Å². The van der Waals surface area contributed by atoms with Crippen LogP contribution in [-0.4, -0.2) is 38.0 Å². The lowest BCUT2D eigenvalue weighted by Crippen LogP contribution is -2.37. The quantitative estimate of drug-likeness (QED) is 0.782. The highest BCUT2D eigenvalue weighted by Gasteiger charge is 2.18. The van der Waals surface area contributed by atoms with E-state index in [1.54, 1.807) is 12.1 Å². The molecule has 114 valence electrons. The summed E-state index contributed by atoms with van der Waals surface area (Å²) < 4.78 is 29.8. The molecular formula is C13H22N2O4S. The van der Waals surface area contributed by atoms with Crippen molar-refractivity contribution in [1.82, 2.24) is 9.62 Å². The fraction of sp³-hybridized carbons (Fsp3) is 0.615. The SMILES string of the molecule is CC(C)CC(=O)NCCN(Cc1ccco1)S(C)(=O)=O. The van der Waals surface area contributed by atoms with Gasteiger partial charge < -0.3 is 9.73 Å². The molecule has 0 radical (unpaired) electrons. The van der Waals surface area contributed by atoms with Crippen LogP contribution in [0.1, 0.15) is 26.0 Å². The Kier molecular flexibility index (Phi) is 6.22. The van der Waals surface area contributed by atoms with Crippen LogP contribution in [0.5, 0.6) is 0 Å². The van der Waals surface area contributed by atoms with Gasteiger partial charge >= 0.3 is 0 Å². The van der Waals surface area contributed by atoms with Gasteiger partial charge in [-0.3, -0.25) is 4.79 Å². The van der Waals surface area contributed by atoms with E-state index in [4.69, 9.17) is 4.42 Å². The number of nitrogens with one attached hydrogen (secondary N) is 1. The van der Waals surface area contributed by atoms with Crippen molar-refractivity contribution in [1.29, 1.82) is 0 Å². The molecule has 0 aliphatic carbocycles. The predicted octanol–water partition coefficient (Wildman–Crippen LogP) is 1.20. The Morgan fingerprint density at radius 1 is 1.45 bits per heavy atom. The van der Waals surface area contributed by atoms with Gasteiger partial charge in [0.1, 0.15) is 5.76 Å². The summed E-state index contributed by atoms with van der Waals surface area (Å²) in [5.74, 6) is 0.791. The maximum Gasteiger partial charge on any atom is 0.220 e. The topological polar surface area (TPSA) is 79.6 Å². The lowest BCUT2D eigenvalue weighted by molar-refractivity contribution is -0.121. The molecule has 1 heterocycles. The molecule has 0 unspecified atom stereocenters. The summed E-state index contributed by atoms with van der Waals surface area (Å²) >= 11 is 0. The number of sulfonamides is 1. The van der Waals surface area contributed by atoms with E-state index in [9.17, 15) is 13.2 Å². The molecule has 0 fully saturated rings. The minimum absolute atomic E-state index is 0.0635. The molecule has 1 amide bonds. The molecule has 0 saturated carbocycles. The van der Waals surface area contributed by atoms with Crippen molar-refractivity contribution in [3.05, 3.63) is 24.2 Å². The first kappa shape index (κ1) is 16.7. The van der Waals surface area contributed by atoms with Crippen molar-refractivity contribution in [2.45, 2.75) is 26.8 Å². The molecular weight excluding hydrogens is 280 g/mol. The lowest BCUT2D eigenvalue weighted by atomic mass is 10.1. The number of amides is 1. The van der Waals surface area contributed by atoms with Gasteiger partial charge in [-0.15, -0.1) is 0 Å². The fourth-order valence-electron chi connectivity index (χ4n) is 1.70. The summed E-state index contributed by atoms with van der Waals surface area (Å²) in [7, 11) is -3.34. The summed E-state index contributed by atoms with van der Waals surface area (Å²) in [5.41, 5.74) is 0. The van der Waals surface area contributed by atoms with Crippen molar-refractivity contribution in [3.8, 4) is 0 Å². The van der Waals surface area contributed by atoms with Crippen molar-refractivity contribution in [2.24, 2.45) is 5.92 Å². The van der Waals surface area contributed by atoms with E-state index in [-0.39, 0.29) is 24.9 Å². The molecule has 20 heavy (non-hydrogen) atoms. The monoisotopic (exact) mass is 302 g/mol. The number of rotatable bonds is 8. The minimum Gasteiger partial charge on any atom is -0.468 e. The normalized spacial score (nSPS) is 12.1. The van der Waals surface area contributed by atoms with Gasteiger partial charge in [-0.2, -0.15) is 4.31 Å². The highest BCUT2D eigenvalue weighted by atomic mass is 32.2. The van der Waals surface area contributed by atoms with Gasteiger partial charge in [0, 0.05) is 19.5 Å². The molecule has 1 rings (SSSR count). The maximum absolute atomic E-state index is 11.7. The smallest absolute Gasteiger partial charge is 0.220 e. The third kappa shape index (κ3) is 6.21. The van der Waals surface area contributed by atoms with Gasteiger partial charge in [-0.25, -0.2) is 8.42 Å². The second-order valence-electron chi connectivity index (χ2n) is 5.12. The highest BCUT2D eigenvalue weighted by Crippen LogP contribution is 2.08. The van der Waals surface area contributed by atoms with E-state index < -0.39 is 10.0 Å². The van der Waals surface area contributed by atoms with Crippen LogP contribution in [-0.2, 0) is 21.4 Å². The summed E-state index contributed by atoms with van der Waals surface area (Å²) in [6.07, 6.45) is 3.09. The summed E-state index contributed by atoms with van der Waals surface area (Å²) in [6, 6.07) is 3.43. The van der Waals surface area contributed by atoms with Gasteiger partial charge in [0.15, 0.2) is 0 Å². The minimum atomic E-state index is -3.34. The predicted molar refractivity (Wildman–Crippen MR) is 76.4 cm³/mol. The third-order valence-electron chi connectivity index (χ3n) is 2.66. The molecule has 0 bridgehead atoms. The summed E-state index contributed by atoms with van der Waals surface area (Å²) in [4.78, 5) is 11.5. The fourth-order valence-corrected chi connectivity index (χ4v) is 2.49. The number of carbonyl (C=O) groups excluding carboxylic acids is 1. The first-order valence-corrected chi connectivity index (χ1v) is 8.38. The second kappa shape index (κ2) is 7.44. The molecule has 0 atom stereocenters. The Morgan fingerprint density at radius 3 is 2.65 bits per heavy atom. The Labute approximate surface area is 120 Å². The zero-order valence-electron chi connectivity index (χ0n) is 12.1. The Morgan fingerprint density at radius 2 is 2.15 bits per heavy atom. The number of carbonyl (C=O) groups is 1. The van der Waals surface area contributed by atoms with Gasteiger partial charge in [0.25, 0.3) is 0 Å². The second-order valence-corrected chi connectivity index (χ2v) is 7.11. The molecule has 0 aliphatic heterocycles. The van der Waals surface area contributed by atoms with Crippen LogP contribution in [0.3, 0.4) is 0 Å². The zero-order chi connectivity index (χ0) is 15.2. The number of furan rings is 1. The first-order valence-electron chi connectivity index (χ1n) is 6.53. The van der Waals surface area contributed by atoms with Gasteiger partial charge in [-0.1, -0.05) is 13.8 Å². The van der Waals surface area contributed by atoms with Crippen molar-refractivity contribution < 1.29 is 17.6 Å². The Hall–Kier alpha value is -1.34. The van der Waals surface area contributed by atoms with Crippen LogP contribution < -0.4 is 5.32 Å². The summed E-state index contributed by atoms with van der Waals surface area (Å²) in [5, 5.41) is 2.72. The zero-order valence-corrected chi connectivity index (χ0v) is 12.9. The van der Waals surface area contributed by atoms with E-state index in [0.717, 1.165) is 6.26 Å². The van der Waals surface area contributed by atoms with Crippen molar-refractivity contribution >= 4 is 15.9 Å². The van der Waals surface area contributed by atoms with E-state index in [0.29, 0.717) is 18.7 Å². The molecule has 7 heteroatoms. The van der Waals surface area contributed by atoms with Crippen LogP contribution in [0, 0.1) is 5.92 Å². The molecule has 1 aromatic rings. The third-order valence-corrected chi connectivity index (χ3v) is 3.91. The standard InChI is InChI=1S/C13H22N2O4S/c1-11(2)9-13(16)14-6-7-15(20(3,17)18)10-12-5-4-8-19-12/h4-5,8,11H,6-7,9-10H2,1-3H3,(H,14,16). The van der Waals surface area contributed by atoms with E-state index in [2.05, 4.69) is 5.32 Å². The number of hydrogen-bond donors (Lipinski definition) is 1. The van der Waals surface area contributed by atoms with E-state index >= 15 is 0 Å². The molecule has 0 saturated heterocycles. The van der Waals surface area contributed by atoms with Crippen molar-refractivity contribution in [2.75, 3.05) is 19.3 Å². The van der Waals surface area contributed by atoms with Crippen molar-refractivity contribution in [3.63, 3.8) is 0 Å². The Bertz CT molecular complexity index is 508. The van der Waals surface area contributed by atoms with Gasteiger partial charge in [0.05, 0.1) is 19.1 Å². The maximum atomic E-state index is 11.7. The number of nitrogens with zero attached hydrogens (tertiary/aromatic N) is 1. The Balaban J connectivity index is 2.48. The van der Waals surface area contributed by atoms with Crippen LogP contribution >= 0.6 is 0 Å². The van der Waals surface area contributed by atoms with Gasteiger partial charge in [0.2, 0.25) is 15.9 Å². The molecule has 6 nitrogen and oxygen atoms in total. The van der Waals surface area contributed by atoms with Crippen LogP contribution in [0.25, 0.3) is 0 Å². The average Bonchev–Trinajstić information content (AvgIpc) is 2.78. The average molecular weight is 302 g/mol. The van der Waals surface area contributed by atoms with Crippen LogP contribution in [0.2, 0.25) is 0 Å². The van der Waals surface area contributed by atoms with E-state index in [1.807, 2.05) is 13.8 Å². The molecule has 1 N–H and O–H groups in total. The molecule has 0 spiro atoms. The van der Waals surface area contributed by atoms with Crippen LogP contribution in [0.15, 0.2) is 22.8 Å².